The summed E-state index contributed by atoms with van der Waals surface area (Å²) in [5, 5.41) is 0. The van der Waals surface area contributed by atoms with Crippen molar-refractivity contribution in [3.63, 3.8) is 0 Å². The van der Waals surface area contributed by atoms with E-state index in [1.54, 1.807) is 23.4 Å². The molecule has 1 unspecified atom stereocenters. The summed E-state index contributed by atoms with van der Waals surface area (Å²) in [6.45, 7) is 3.02. The molecular formula is C19H19N5O2. The molecule has 1 aromatic carbocycles. The number of benzene rings is 1. The number of ether oxygens (including phenoxy) is 1. The van der Waals surface area contributed by atoms with E-state index in [9.17, 15) is 4.79 Å². The molecule has 1 saturated heterocycles. The van der Waals surface area contributed by atoms with Crippen molar-refractivity contribution in [2.75, 3.05) is 13.1 Å². The number of rotatable bonds is 3. The maximum absolute atomic E-state index is 12.8. The highest BCUT2D eigenvalue weighted by Crippen LogP contribution is 2.18. The van der Waals surface area contributed by atoms with E-state index in [0.29, 0.717) is 30.5 Å². The standard InChI is InChI=1S/C19H19N5O2/c1-13-20-9-8-18(22-13)26-14-5-4-10-24(12-14)19(25)17-11-21-15-6-2-3-7-16(15)23-17/h2-3,6-9,11,14H,4-5,10,12H2,1H3. The molecule has 1 aliphatic heterocycles. The van der Waals surface area contributed by atoms with Crippen molar-refractivity contribution in [3.8, 4) is 5.88 Å². The fraction of sp³-hybridized carbons (Fsp3) is 0.316. The van der Waals surface area contributed by atoms with E-state index in [4.69, 9.17) is 4.74 Å². The van der Waals surface area contributed by atoms with Gasteiger partial charge < -0.3 is 9.64 Å². The fourth-order valence-electron chi connectivity index (χ4n) is 3.11. The summed E-state index contributed by atoms with van der Waals surface area (Å²) in [4.78, 5) is 31.7. The minimum atomic E-state index is -0.115. The average molecular weight is 349 g/mol. The number of aromatic nitrogens is 4. The van der Waals surface area contributed by atoms with Crippen LogP contribution in [0.25, 0.3) is 11.0 Å². The van der Waals surface area contributed by atoms with Gasteiger partial charge in [-0.2, -0.15) is 4.98 Å². The Hall–Kier alpha value is -3.09. The van der Waals surface area contributed by atoms with Gasteiger partial charge in [0.05, 0.1) is 23.8 Å². The van der Waals surface area contributed by atoms with Crippen molar-refractivity contribution in [1.82, 2.24) is 24.8 Å². The monoisotopic (exact) mass is 349 g/mol. The highest BCUT2D eigenvalue weighted by molar-refractivity contribution is 5.93. The van der Waals surface area contributed by atoms with E-state index in [0.717, 1.165) is 23.9 Å². The number of hydrogen-bond acceptors (Lipinski definition) is 6. The Morgan fingerprint density at radius 2 is 2.00 bits per heavy atom. The van der Waals surface area contributed by atoms with Gasteiger partial charge in [0.2, 0.25) is 5.88 Å². The molecule has 0 N–H and O–H groups in total. The van der Waals surface area contributed by atoms with E-state index in [2.05, 4.69) is 19.9 Å². The number of likely N-dealkylation sites (tertiary alicyclic amines) is 1. The summed E-state index contributed by atoms with van der Waals surface area (Å²) >= 11 is 0. The van der Waals surface area contributed by atoms with Crippen molar-refractivity contribution < 1.29 is 9.53 Å². The van der Waals surface area contributed by atoms with Gasteiger partial charge in [-0.1, -0.05) is 12.1 Å². The zero-order valence-corrected chi connectivity index (χ0v) is 14.5. The molecule has 4 rings (SSSR count). The first-order valence-corrected chi connectivity index (χ1v) is 8.66. The van der Waals surface area contributed by atoms with Gasteiger partial charge in [0.1, 0.15) is 17.6 Å². The summed E-state index contributed by atoms with van der Waals surface area (Å²) in [7, 11) is 0. The lowest BCUT2D eigenvalue weighted by molar-refractivity contribution is 0.0522. The van der Waals surface area contributed by atoms with Crippen LogP contribution in [0.15, 0.2) is 42.7 Å². The van der Waals surface area contributed by atoms with Crippen LogP contribution >= 0.6 is 0 Å². The lowest BCUT2D eigenvalue weighted by atomic mass is 10.1. The molecule has 26 heavy (non-hydrogen) atoms. The second-order valence-corrected chi connectivity index (χ2v) is 6.32. The molecule has 0 aliphatic carbocycles. The third-order valence-electron chi connectivity index (χ3n) is 4.37. The average Bonchev–Trinajstić information content (AvgIpc) is 2.67. The molecule has 132 valence electrons. The van der Waals surface area contributed by atoms with E-state index in [-0.39, 0.29) is 12.0 Å². The van der Waals surface area contributed by atoms with Crippen molar-refractivity contribution in [2.45, 2.75) is 25.9 Å². The first-order valence-electron chi connectivity index (χ1n) is 8.66. The number of hydrogen-bond donors (Lipinski definition) is 0. The van der Waals surface area contributed by atoms with E-state index in [1.165, 1.54) is 0 Å². The summed E-state index contributed by atoms with van der Waals surface area (Å²) in [6, 6.07) is 9.27. The lowest BCUT2D eigenvalue weighted by Gasteiger charge is -2.32. The van der Waals surface area contributed by atoms with Gasteiger partial charge in [-0.15, -0.1) is 0 Å². The van der Waals surface area contributed by atoms with Crippen molar-refractivity contribution in [1.29, 1.82) is 0 Å². The van der Waals surface area contributed by atoms with Crippen LogP contribution in [-0.4, -0.2) is 49.9 Å². The molecule has 0 bridgehead atoms. The van der Waals surface area contributed by atoms with Crippen molar-refractivity contribution in [2.24, 2.45) is 0 Å². The fourth-order valence-corrected chi connectivity index (χ4v) is 3.11. The SMILES string of the molecule is Cc1nccc(OC2CCCN(C(=O)c3cnc4ccccc4n3)C2)n1. The van der Waals surface area contributed by atoms with E-state index in [1.807, 2.05) is 31.2 Å². The number of fused-ring (bicyclic) bond motifs is 1. The molecule has 3 heterocycles. The van der Waals surface area contributed by atoms with Crippen LogP contribution in [0.1, 0.15) is 29.2 Å². The Balaban J connectivity index is 1.48. The Kier molecular flexibility index (Phi) is 4.43. The van der Waals surface area contributed by atoms with Gasteiger partial charge in [0.15, 0.2) is 0 Å². The molecule has 1 aliphatic rings. The van der Waals surface area contributed by atoms with Gasteiger partial charge in [-0.25, -0.2) is 9.97 Å². The number of aryl methyl sites for hydroxylation is 1. The van der Waals surface area contributed by atoms with Gasteiger partial charge in [-0.05, 0) is 31.9 Å². The smallest absolute Gasteiger partial charge is 0.274 e. The minimum Gasteiger partial charge on any atom is -0.472 e. The van der Waals surface area contributed by atoms with Crippen molar-refractivity contribution in [3.05, 3.63) is 54.2 Å². The zero-order valence-electron chi connectivity index (χ0n) is 14.5. The Labute approximate surface area is 151 Å². The normalized spacial score (nSPS) is 17.3. The van der Waals surface area contributed by atoms with E-state index < -0.39 is 0 Å². The molecule has 2 aromatic heterocycles. The van der Waals surface area contributed by atoms with Crippen LogP contribution in [0.2, 0.25) is 0 Å². The maximum Gasteiger partial charge on any atom is 0.274 e. The van der Waals surface area contributed by atoms with Gasteiger partial charge >= 0.3 is 0 Å². The zero-order chi connectivity index (χ0) is 17.9. The number of carbonyl (C=O) groups is 1. The summed E-state index contributed by atoms with van der Waals surface area (Å²) in [6.07, 6.45) is 4.89. The van der Waals surface area contributed by atoms with Gasteiger partial charge in [0, 0.05) is 18.8 Å². The Morgan fingerprint density at radius 1 is 1.15 bits per heavy atom. The molecule has 1 amide bonds. The third kappa shape index (κ3) is 3.46. The number of piperidine rings is 1. The molecular weight excluding hydrogens is 330 g/mol. The topological polar surface area (TPSA) is 81.1 Å². The minimum absolute atomic E-state index is 0.0876. The first kappa shape index (κ1) is 16.4. The van der Waals surface area contributed by atoms with Crippen LogP contribution in [0.5, 0.6) is 5.88 Å². The van der Waals surface area contributed by atoms with Crippen LogP contribution in [0, 0.1) is 6.92 Å². The van der Waals surface area contributed by atoms with Crippen LogP contribution in [-0.2, 0) is 0 Å². The molecule has 0 saturated carbocycles. The van der Waals surface area contributed by atoms with Crippen LogP contribution in [0.4, 0.5) is 0 Å². The highest BCUT2D eigenvalue weighted by atomic mass is 16.5. The lowest BCUT2D eigenvalue weighted by Crippen LogP contribution is -2.44. The molecule has 1 fully saturated rings. The highest BCUT2D eigenvalue weighted by Gasteiger charge is 2.27. The number of para-hydroxylation sites is 2. The molecule has 7 heteroatoms. The van der Waals surface area contributed by atoms with Crippen LogP contribution in [0.3, 0.4) is 0 Å². The largest absolute Gasteiger partial charge is 0.472 e. The molecule has 3 aromatic rings. The predicted molar refractivity (Wildman–Crippen MR) is 95.9 cm³/mol. The third-order valence-corrected chi connectivity index (χ3v) is 4.37. The molecule has 0 spiro atoms. The Morgan fingerprint density at radius 3 is 2.85 bits per heavy atom. The van der Waals surface area contributed by atoms with Gasteiger partial charge in [-0.3, -0.25) is 9.78 Å². The molecule has 1 atom stereocenters. The first-order chi connectivity index (χ1) is 12.7. The Bertz CT molecular complexity index is 946. The number of amides is 1. The summed E-state index contributed by atoms with van der Waals surface area (Å²) in [5.74, 6) is 1.09. The number of nitrogens with zero attached hydrogens (tertiary/aromatic N) is 5. The van der Waals surface area contributed by atoms with E-state index >= 15 is 0 Å². The second kappa shape index (κ2) is 7.03. The number of carbonyl (C=O) groups excluding carboxylic acids is 1. The quantitative estimate of drug-likeness (QED) is 0.722. The maximum atomic E-state index is 12.8. The predicted octanol–water partition coefficient (Wildman–Crippen LogP) is 2.41. The molecule has 7 nitrogen and oxygen atoms in total. The second-order valence-electron chi connectivity index (χ2n) is 6.32. The summed E-state index contributed by atoms with van der Waals surface area (Å²) < 4.78 is 5.94. The van der Waals surface area contributed by atoms with Crippen LogP contribution < -0.4 is 4.74 Å². The van der Waals surface area contributed by atoms with Crippen molar-refractivity contribution >= 4 is 16.9 Å². The van der Waals surface area contributed by atoms with Gasteiger partial charge in [0.25, 0.3) is 5.91 Å². The molecule has 0 radical (unpaired) electrons. The summed E-state index contributed by atoms with van der Waals surface area (Å²) in [5.41, 5.74) is 1.87.